The molecule has 0 radical (unpaired) electrons. The first kappa shape index (κ1) is 21.8. The Morgan fingerprint density at radius 1 is 1.22 bits per heavy atom. The molecule has 0 atom stereocenters. The van der Waals surface area contributed by atoms with Gasteiger partial charge in [0.05, 0.1) is 29.5 Å². The first-order valence-electron chi connectivity index (χ1n) is 9.94. The Bertz CT molecular complexity index is 1330. The van der Waals surface area contributed by atoms with Crippen molar-refractivity contribution < 1.29 is 14.0 Å². The molecule has 0 aliphatic carbocycles. The number of aromatic nitrogens is 3. The van der Waals surface area contributed by atoms with E-state index >= 15 is 0 Å². The Labute approximate surface area is 193 Å². The van der Waals surface area contributed by atoms with Gasteiger partial charge in [0.15, 0.2) is 11.4 Å². The molecule has 4 rings (SSSR count). The zero-order chi connectivity index (χ0) is 23.0. The van der Waals surface area contributed by atoms with Gasteiger partial charge >= 0.3 is 0 Å². The maximum absolute atomic E-state index is 13.4. The lowest BCUT2D eigenvalue weighted by Crippen LogP contribution is -2.35. The van der Waals surface area contributed by atoms with Gasteiger partial charge < -0.3 is 14.6 Å². The SMILES string of the molecule is Cc1cc(Br)ccc1NC(=O)CN(C)C(=O)c1cc(-c2ccco2)nc2c1c(C)nn2C. The number of aryl methyl sites for hydroxylation is 3. The molecular formula is C23H22BrN5O3. The van der Waals surface area contributed by atoms with Crippen LogP contribution in [-0.4, -0.2) is 45.1 Å². The molecule has 32 heavy (non-hydrogen) atoms. The van der Waals surface area contributed by atoms with E-state index < -0.39 is 0 Å². The largest absolute Gasteiger partial charge is 0.463 e. The molecule has 3 heterocycles. The van der Waals surface area contributed by atoms with Gasteiger partial charge in [0.25, 0.3) is 5.91 Å². The normalized spacial score (nSPS) is 11.0. The van der Waals surface area contributed by atoms with Crippen LogP contribution in [0.4, 0.5) is 5.69 Å². The highest BCUT2D eigenvalue weighted by atomic mass is 79.9. The maximum atomic E-state index is 13.4. The number of amides is 2. The second-order valence-corrected chi connectivity index (χ2v) is 8.52. The topological polar surface area (TPSA) is 93.3 Å². The van der Waals surface area contributed by atoms with E-state index in [-0.39, 0.29) is 18.4 Å². The first-order valence-corrected chi connectivity index (χ1v) is 10.7. The molecule has 4 aromatic rings. The molecule has 9 heteroatoms. The number of fused-ring (bicyclic) bond motifs is 1. The summed E-state index contributed by atoms with van der Waals surface area (Å²) < 4.78 is 8.04. The van der Waals surface area contributed by atoms with Gasteiger partial charge in [-0.1, -0.05) is 15.9 Å². The van der Waals surface area contributed by atoms with Crippen molar-refractivity contribution in [2.45, 2.75) is 13.8 Å². The van der Waals surface area contributed by atoms with Crippen LogP contribution in [0.3, 0.4) is 0 Å². The number of likely N-dealkylation sites (N-methyl/N-ethyl adjacent to an activating group) is 1. The summed E-state index contributed by atoms with van der Waals surface area (Å²) in [5.41, 5.74) is 3.83. The smallest absolute Gasteiger partial charge is 0.254 e. The number of nitrogens with zero attached hydrogens (tertiary/aromatic N) is 4. The molecule has 0 bridgehead atoms. The summed E-state index contributed by atoms with van der Waals surface area (Å²) in [5, 5.41) is 7.94. The molecule has 8 nitrogen and oxygen atoms in total. The maximum Gasteiger partial charge on any atom is 0.254 e. The van der Waals surface area contributed by atoms with E-state index in [9.17, 15) is 9.59 Å². The third-order valence-corrected chi connectivity index (χ3v) is 5.66. The van der Waals surface area contributed by atoms with Crippen molar-refractivity contribution in [3.63, 3.8) is 0 Å². The van der Waals surface area contributed by atoms with E-state index in [4.69, 9.17) is 4.42 Å². The molecule has 3 aromatic heterocycles. The molecule has 1 N–H and O–H groups in total. The van der Waals surface area contributed by atoms with Gasteiger partial charge in [-0.25, -0.2) is 4.98 Å². The zero-order valence-electron chi connectivity index (χ0n) is 18.1. The molecule has 0 saturated carbocycles. The highest BCUT2D eigenvalue weighted by Crippen LogP contribution is 2.28. The monoisotopic (exact) mass is 495 g/mol. The van der Waals surface area contributed by atoms with Gasteiger partial charge in [-0.15, -0.1) is 0 Å². The van der Waals surface area contributed by atoms with Crippen molar-refractivity contribution in [1.82, 2.24) is 19.7 Å². The van der Waals surface area contributed by atoms with Gasteiger partial charge in [-0.3, -0.25) is 14.3 Å². The second kappa shape index (κ2) is 8.58. The van der Waals surface area contributed by atoms with Crippen molar-refractivity contribution in [3.05, 3.63) is 64.0 Å². The molecular weight excluding hydrogens is 474 g/mol. The Hall–Kier alpha value is -3.46. The molecule has 0 aliphatic rings. The van der Waals surface area contributed by atoms with Crippen LogP contribution in [0.5, 0.6) is 0 Å². The number of benzene rings is 1. The quantitative estimate of drug-likeness (QED) is 0.444. The Balaban J connectivity index is 1.63. The number of furan rings is 1. The van der Waals surface area contributed by atoms with Crippen molar-refractivity contribution in [1.29, 1.82) is 0 Å². The average molecular weight is 496 g/mol. The lowest BCUT2D eigenvalue weighted by atomic mass is 10.1. The summed E-state index contributed by atoms with van der Waals surface area (Å²) in [4.78, 5) is 32.0. The molecule has 0 saturated heterocycles. The lowest BCUT2D eigenvalue weighted by Gasteiger charge is -2.18. The van der Waals surface area contributed by atoms with E-state index in [1.807, 2.05) is 32.0 Å². The van der Waals surface area contributed by atoms with E-state index in [0.717, 1.165) is 10.0 Å². The average Bonchev–Trinajstić information content (AvgIpc) is 3.37. The first-order chi connectivity index (χ1) is 15.2. The van der Waals surface area contributed by atoms with Crippen molar-refractivity contribution in [2.24, 2.45) is 7.05 Å². The number of hydrogen-bond donors (Lipinski definition) is 1. The van der Waals surface area contributed by atoms with Gasteiger partial charge in [-0.2, -0.15) is 5.10 Å². The minimum Gasteiger partial charge on any atom is -0.463 e. The van der Waals surface area contributed by atoms with Crippen LogP contribution in [0.25, 0.3) is 22.5 Å². The van der Waals surface area contributed by atoms with Crippen LogP contribution in [-0.2, 0) is 11.8 Å². The van der Waals surface area contributed by atoms with Gasteiger partial charge in [-0.05, 0) is 55.8 Å². The fourth-order valence-corrected chi connectivity index (χ4v) is 4.09. The number of carbonyl (C=O) groups excluding carboxylic acids is 2. The summed E-state index contributed by atoms with van der Waals surface area (Å²) in [6.45, 7) is 3.63. The molecule has 1 aromatic carbocycles. The standard InChI is InChI=1S/C23H22BrN5O3/c1-13-10-15(24)7-8-17(13)25-20(30)12-28(3)23(31)16-11-18(19-6-5-9-32-19)26-22-21(16)14(2)27-29(22)4/h5-11H,12H2,1-4H3,(H,25,30). The molecule has 0 fully saturated rings. The van der Waals surface area contributed by atoms with Crippen LogP contribution in [0, 0.1) is 13.8 Å². The number of pyridine rings is 1. The van der Waals surface area contributed by atoms with E-state index in [2.05, 4.69) is 31.3 Å². The molecule has 0 unspecified atom stereocenters. The summed E-state index contributed by atoms with van der Waals surface area (Å²) >= 11 is 3.41. The number of rotatable bonds is 5. The van der Waals surface area contributed by atoms with Crippen molar-refractivity contribution in [3.8, 4) is 11.5 Å². The number of carbonyl (C=O) groups is 2. The predicted molar refractivity (Wildman–Crippen MR) is 125 cm³/mol. The summed E-state index contributed by atoms with van der Waals surface area (Å²) in [6, 6.07) is 10.8. The number of hydrogen-bond acceptors (Lipinski definition) is 5. The van der Waals surface area contributed by atoms with Gasteiger partial charge in [0.2, 0.25) is 5.91 Å². The van der Waals surface area contributed by atoms with Gasteiger partial charge in [0, 0.05) is 24.3 Å². The van der Waals surface area contributed by atoms with E-state index in [1.54, 1.807) is 43.2 Å². The summed E-state index contributed by atoms with van der Waals surface area (Å²) in [5.74, 6) is -0.0411. The Kier molecular flexibility index (Phi) is 5.84. The minimum absolute atomic E-state index is 0.104. The van der Waals surface area contributed by atoms with Crippen molar-refractivity contribution >= 4 is 44.5 Å². The fraction of sp³-hybridized carbons (Fsp3) is 0.217. The molecule has 2 amide bonds. The Morgan fingerprint density at radius 3 is 2.69 bits per heavy atom. The fourth-order valence-electron chi connectivity index (χ4n) is 3.61. The second-order valence-electron chi connectivity index (χ2n) is 7.61. The highest BCUT2D eigenvalue weighted by Gasteiger charge is 2.23. The van der Waals surface area contributed by atoms with Crippen LogP contribution >= 0.6 is 15.9 Å². The molecule has 0 spiro atoms. The highest BCUT2D eigenvalue weighted by molar-refractivity contribution is 9.10. The predicted octanol–water partition coefficient (Wildman–Crippen LogP) is 4.32. The van der Waals surface area contributed by atoms with Crippen LogP contribution in [0.15, 0.2) is 51.6 Å². The Morgan fingerprint density at radius 2 is 2.00 bits per heavy atom. The number of halogens is 1. The van der Waals surface area contributed by atoms with Crippen molar-refractivity contribution in [2.75, 3.05) is 18.9 Å². The van der Waals surface area contributed by atoms with Crippen LogP contribution in [0.1, 0.15) is 21.6 Å². The molecule has 0 aliphatic heterocycles. The lowest BCUT2D eigenvalue weighted by molar-refractivity contribution is -0.116. The van der Waals surface area contributed by atoms with E-state index in [0.29, 0.717) is 39.4 Å². The third-order valence-electron chi connectivity index (χ3n) is 5.16. The zero-order valence-corrected chi connectivity index (χ0v) is 19.7. The number of nitrogens with one attached hydrogen (secondary N) is 1. The third kappa shape index (κ3) is 4.16. The number of anilines is 1. The van der Waals surface area contributed by atoms with Crippen LogP contribution < -0.4 is 5.32 Å². The van der Waals surface area contributed by atoms with E-state index in [1.165, 1.54) is 4.90 Å². The molecule has 164 valence electrons. The minimum atomic E-state index is -0.302. The summed E-state index contributed by atoms with van der Waals surface area (Å²) in [7, 11) is 3.38. The van der Waals surface area contributed by atoms with Crippen LogP contribution in [0.2, 0.25) is 0 Å². The van der Waals surface area contributed by atoms with Gasteiger partial charge in [0.1, 0.15) is 5.69 Å². The summed E-state index contributed by atoms with van der Waals surface area (Å²) in [6.07, 6.45) is 1.55.